The molecule has 4 nitrogen and oxygen atoms in total. The molecule has 4 heteroatoms. The van der Waals surface area contributed by atoms with E-state index in [1.165, 1.54) is 6.21 Å². The molecule has 2 aromatic carbocycles. The van der Waals surface area contributed by atoms with Crippen LogP contribution in [0.5, 0.6) is 0 Å². The van der Waals surface area contributed by atoms with E-state index in [0.717, 1.165) is 5.56 Å². The van der Waals surface area contributed by atoms with Gasteiger partial charge in [0.15, 0.2) is 0 Å². The average molecular weight is 261 g/mol. The summed E-state index contributed by atoms with van der Waals surface area (Å²) in [6.45, 7) is 0.279. The molecule has 0 saturated heterocycles. The van der Waals surface area contributed by atoms with Gasteiger partial charge >= 0.3 is 0 Å². The Hall–Kier alpha value is -3.11. The minimum Gasteiger partial charge on any atom is -0.391 e. The predicted octanol–water partition coefficient (Wildman–Crippen LogP) is 2.98. The molecule has 0 spiro atoms. The van der Waals surface area contributed by atoms with Gasteiger partial charge in [0.05, 0.1) is 29.5 Å². The summed E-state index contributed by atoms with van der Waals surface area (Å²) in [4.78, 5) is 5.17. The summed E-state index contributed by atoms with van der Waals surface area (Å²) in [6.07, 6.45) is 1.51. The van der Waals surface area contributed by atoms with E-state index in [2.05, 4.69) is 17.3 Å². The first-order valence-electron chi connectivity index (χ1n) is 5.97. The summed E-state index contributed by atoms with van der Waals surface area (Å²) < 4.78 is 0. The highest BCUT2D eigenvalue weighted by atomic mass is 16.6. The quantitative estimate of drug-likeness (QED) is 0.627. The van der Waals surface area contributed by atoms with E-state index in [9.17, 15) is 0 Å². The highest BCUT2D eigenvalue weighted by molar-refractivity contribution is 5.82. The molecule has 0 saturated carbocycles. The van der Waals surface area contributed by atoms with Crippen molar-refractivity contribution in [2.45, 2.75) is 6.61 Å². The van der Waals surface area contributed by atoms with Crippen molar-refractivity contribution in [1.29, 1.82) is 10.5 Å². The third-order valence-corrected chi connectivity index (χ3v) is 2.63. The van der Waals surface area contributed by atoms with Gasteiger partial charge in [-0.15, -0.1) is 0 Å². The van der Waals surface area contributed by atoms with Crippen LogP contribution in [0.2, 0.25) is 0 Å². The Labute approximate surface area is 117 Å². The lowest BCUT2D eigenvalue weighted by Gasteiger charge is -2.00. The third-order valence-electron chi connectivity index (χ3n) is 2.63. The Balaban J connectivity index is 1.97. The van der Waals surface area contributed by atoms with E-state index in [1.54, 1.807) is 36.4 Å². The first-order valence-corrected chi connectivity index (χ1v) is 5.97. The lowest BCUT2D eigenvalue weighted by molar-refractivity contribution is 0.132. The average Bonchev–Trinajstić information content (AvgIpc) is 2.52. The summed E-state index contributed by atoms with van der Waals surface area (Å²) in [7, 11) is 0. The van der Waals surface area contributed by atoms with E-state index >= 15 is 0 Å². The van der Waals surface area contributed by atoms with Crippen molar-refractivity contribution >= 4 is 6.21 Å². The number of nitrogens with zero attached hydrogens (tertiary/aromatic N) is 3. The monoisotopic (exact) mass is 261 g/mol. The molecule has 0 radical (unpaired) electrons. The molecule has 20 heavy (non-hydrogen) atoms. The van der Waals surface area contributed by atoms with Gasteiger partial charge in [-0.3, -0.25) is 0 Å². The summed E-state index contributed by atoms with van der Waals surface area (Å²) in [5.74, 6) is 0. The minimum atomic E-state index is 0.279. The molecule has 0 unspecified atom stereocenters. The highest BCUT2D eigenvalue weighted by Gasteiger charge is 1.97. The first-order chi connectivity index (χ1) is 9.83. The zero-order valence-electron chi connectivity index (χ0n) is 10.7. The fraction of sp³-hybridized carbons (Fsp3) is 0.0625. The van der Waals surface area contributed by atoms with Crippen LogP contribution in [-0.2, 0) is 11.4 Å². The van der Waals surface area contributed by atoms with Crippen LogP contribution in [0.25, 0.3) is 0 Å². The first kappa shape index (κ1) is 13.3. The molecule has 2 aromatic rings. The van der Waals surface area contributed by atoms with Crippen LogP contribution in [0.15, 0.2) is 53.7 Å². The van der Waals surface area contributed by atoms with Gasteiger partial charge in [0.2, 0.25) is 0 Å². The molecule has 0 atom stereocenters. The summed E-state index contributed by atoms with van der Waals surface area (Å²) >= 11 is 0. The van der Waals surface area contributed by atoms with Crippen LogP contribution in [0, 0.1) is 22.7 Å². The Kier molecular flexibility index (Phi) is 4.48. The lowest BCUT2D eigenvalue weighted by atomic mass is 10.1. The normalized spacial score (nSPS) is 9.90. The van der Waals surface area contributed by atoms with Crippen molar-refractivity contribution in [3.63, 3.8) is 0 Å². The fourth-order valence-electron chi connectivity index (χ4n) is 1.65. The Bertz CT molecular complexity index is 708. The molecule has 0 bridgehead atoms. The molecule has 96 valence electrons. The van der Waals surface area contributed by atoms with Crippen LogP contribution >= 0.6 is 0 Å². The topological polar surface area (TPSA) is 69.2 Å². The Morgan fingerprint density at radius 3 is 2.70 bits per heavy atom. The standard InChI is InChI=1S/C16H11N3O/c17-9-13-4-3-5-14(8-13)12-20-19-11-16-7-2-1-6-15(16)10-18/h1-8,11H,12H2. The van der Waals surface area contributed by atoms with E-state index in [0.29, 0.717) is 16.7 Å². The highest BCUT2D eigenvalue weighted by Crippen LogP contribution is 2.07. The molecule has 0 N–H and O–H groups in total. The van der Waals surface area contributed by atoms with E-state index in [4.69, 9.17) is 15.4 Å². The molecule has 0 aliphatic carbocycles. The zero-order valence-corrected chi connectivity index (χ0v) is 10.7. The Morgan fingerprint density at radius 1 is 1.05 bits per heavy atom. The maximum Gasteiger partial charge on any atom is 0.142 e. The van der Waals surface area contributed by atoms with Crippen LogP contribution in [0.1, 0.15) is 22.3 Å². The summed E-state index contributed by atoms with van der Waals surface area (Å²) in [5, 5.41) is 21.6. The fourth-order valence-corrected chi connectivity index (χ4v) is 1.65. The van der Waals surface area contributed by atoms with Gasteiger partial charge in [0.25, 0.3) is 0 Å². The zero-order chi connectivity index (χ0) is 14.2. The van der Waals surface area contributed by atoms with E-state index in [-0.39, 0.29) is 6.61 Å². The Morgan fingerprint density at radius 2 is 1.90 bits per heavy atom. The van der Waals surface area contributed by atoms with Crippen molar-refractivity contribution in [3.8, 4) is 12.1 Å². The maximum atomic E-state index is 8.93. The van der Waals surface area contributed by atoms with E-state index in [1.807, 2.05) is 12.1 Å². The van der Waals surface area contributed by atoms with Gasteiger partial charge in [0, 0.05) is 5.56 Å². The van der Waals surface area contributed by atoms with Crippen LogP contribution in [0.4, 0.5) is 0 Å². The largest absolute Gasteiger partial charge is 0.391 e. The molecule has 0 amide bonds. The van der Waals surface area contributed by atoms with Crippen molar-refractivity contribution < 1.29 is 4.84 Å². The lowest BCUT2D eigenvalue weighted by Crippen LogP contribution is -1.91. The van der Waals surface area contributed by atoms with Gasteiger partial charge in [0.1, 0.15) is 6.61 Å². The van der Waals surface area contributed by atoms with Gasteiger partial charge in [-0.25, -0.2) is 0 Å². The third kappa shape index (κ3) is 3.44. The van der Waals surface area contributed by atoms with Crippen LogP contribution in [-0.4, -0.2) is 6.21 Å². The van der Waals surface area contributed by atoms with Gasteiger partial charge in [-0.05, 0) is 23.8 Å². The van der Waals surface area contributed by atoms with Gasteiger partial charge in [-0.1, -0.05) is 35.5 Å². The predicted molar refractivity (Wildman–Crippen MR) is 74.7 cm³/mol. The number of hydrogen-bond acceptors (Lipinski definition) is 4. The number of hydrogen-bond donors (Lipinski definition) is 0. The molecule has 0 aliphatic rings. The number of nitriles is 2. The van der Waals surface area contributed by atoms with Gasteiger partial charge < -0.3 is 4.84 Å². The molecule has 0 fully saturated rings. The second kappa shape index (κ2) is 6.72. The van der Waals surface area contributed by atoms with Crippen molar-refractivity contribution in [2.24, 2.45) is 5.16 Å². The van der Waals surface area contributed by atoms with Crippen LogP contribution in [0.3, 0.4) is 0 Å². The second-order valence-corrected chi connectivity index (χ2v) is 4.02. The SMILES string of the molecule is N#Cc1cccc(CON=Cc2ccccc2C#N)c1. The molecule has 0 aliphatic heterocycles. The number of oxime groups is 1. The number of benzene rings is 2. The number of rotatable bonds is 4. The molecule has 0 heterocycles. The molecular weight excluding hydrogens is 250 g/mol. The molecule has 2 rings (SSSR count). The molecule has 0 aromatic heterocycles. The van der Waals surface area contributed by atoms with Crippen molar-refractivity contribution in [1.82, 2.24) is 0 Å². The smallest absolute Gasteiger partial charge is 0.142 e. The van der Waals surface area contributed by atoms with Crippen LogP contribution < -0.4 is 0 Å². The summed E-state index contributed by atoms with van der Waals surface area (Å²) in [5.41, 5.74) is 2.71. The second-order valence-electron chi connectivity index (χ2n) is 4.02. The minimum absolute atomic E-state index is 0.279. The summed E-state index contributed by atoms with van der Waals surface area (Å²) in [6, 6.07) is 18.4. The van der Waals surface area contributed by atoms with Gasteiger partial charge in [-0.2, -0.15) is 10.5 Å². The van der Waals surface area contributed by atoms with Crippen molar-refractivity contribution in [2.75, 3.05) is 0 Å². The molecular formula is C16H11N3O. The van der Waals surface area contributed by atoms with Crippen molar-refractivity contribution in [3.05, 3.63) is 70.8 Å². The van der Waals surface area contributed by atoms with E-state index < -0.39 is 0 Å². The maximum absolute atomic E-state index is 8.93.